The molecule has 0 aliphatic carbocycles. The lowest BCUT2D eigenvalue weighted by Gasteiger charge is -2.22. The van der Waals surface area contributed by atoms with Gasteiger partial charge in [0.1, 0.15) is 5.75 Å². The van der Waals surface area contributed by atoms with Crippen LogP contribution in [0.15, 0.2) is 46.9 Å². The highest BCUT2D eigenvalue weighted by atomic mass is 79.9. The Hall–Kier alpha value is -1.23. The van der Waals surface area contributed by atoms with Crippen LogP contribution in [0.2, 0.25) is 5.02 Å². The van der Waals surface area contributed by atoms with Crippen LogP contribution in [0.4, 0.5) is 5.69 Å². The van der Waals surface area contributed by atoms with Crippen molar-refractivity contribution in [2.45, 2.75) is 6.04 Å². The molecule has 1 atom stereocenters. The molecule has 0 aliphatic heterocycles. The van der Waals surface area contributed by atoms with E-state index in [2.05, 4.69) is 21.2 Å². The number of para-hydroxylation sites is 1. The van der Waals surface area contributed by atoms with Crippen LogP contribution in [0.25, 0.3) is 0 Å². The Morgan fingerprint density at radius 2 is 2.00 bits per heavy atom. The number of hydrogen-bond donors (Lipinski definition) is 2. The first kappa shape index (κ1) is 15.2. The summed E-state index contributed by atoms with van der Waals surface area (Å²) >= 11 is 9.72. The Bertz CT molecular complexity index is 592. The van der Waals surface area contributed by atoms with E-state index in [9.17, 15) is 5.11 Å². The highest BCUT2D eigenvalue weighted by Crippen LogP contribution is 2.35. The topological polar surface area (TPSA) is 41.5 Å². The third-order valence-electron chi connectivity index (χ3n) is 2.97. The lowest BCUT2D eigenvalue weighted by Crippen LogP contribution is -2.16. The number of aliphatic hydroxyl groups excluding tert-OH is 1. The first-order valence-electron chi connectivity index (χ1n) is 6.11. The second kappa shape index (κ2) is 6.97. The normalized spacial score (nSPS) is 12.0. The van der Waals surface area contributed by atoms with E-state index in [1.165, 1.54) is 0 Å². The summed E-state index contributed by atoms with van der Waals surface area (Å²) < 4.78 is 6.25. The lowest BCUT2D eigenvalue weighted by atomic mass is 10.1. The van der Waals surface area contributed by atoms with E-state index >= 15 is 0 Å². The van der Waals surface area contributed by atoms with Crippen LogP contribution in [0.5, 0.6) is 5.75 Å². The minimum absolute atomic E-state index is 0.0958. The molecule has 0 amide bonds. The van der Waals surface area contributed by atoms with Crippen LogP contribution in [-0.4, -0.2) is 18.8 Å². The van der Waals surface area contributed by atoms with Crippen molar-refractivity contribution < 1.29 is 9.84 Å². The van der Waals surface area contributed by atoms with Gasteiger partial charge in [-0.2, -0.15) is 0 Å². The fourth-order valence-corrected chi connectivity index (χ4v) is 2.71. The fraction of sp³-hybridized carbons (Fsp3) is 0.200. The average Bonchev–Trinajstić information content (AvgIpc) is 2.47. The third-order valence-corrected chi connectivity index (χ3v) is 3.99. The molecule has 2 aromatic carbocycles. The second-order valence-electron chi connectivity index (χ2n) is 4.22. The molecule has 5 heteroatoms. The zero-order valence-corrected chi connectivity index (χ0v) is 13.3. The van der Waals surface area contributed by atoms with Gasteiger partial charge in [-0.3, -0.25) is 0 Å². The summed E-state index contributed by atoms with van der Waals surface area (Å²) in [5, 5.41) is 13.5. The van der Waals surface area contributed by atoms with Gasteiger partial charge in [-0.25, -0.2) is 0 Å². The highest BCUT2D eigenvalue weighted by Gasteiger charge is 2.19. The Kier molecular flexibility index (Phi) is 5.29. The predicted octanol–water partition coefficient (Wildman–Crippen LogP) is 4.26. The zero-order valence-electron chi connectivity index (χ0n) is 10.9. The van der Waals surface area contributed by atoms with Gasteiger partial charge in [-0.05, 0) is 40.2 Å². The maximum absolute atomic E-state index is 9.68. The molecule has 2 N–H and O–H groups in total. The summed E-state index contributed by atoms with van der Waals surface area (Å²) in [6.07, 6.45) is 0. The van der Waals surface area contributed by atoms with Gasteiger partial charge in [0, 0.05) is 20.7 Å². The predicted molar refractivity (Wildman–Crippen MR) is 85.6 cm³/mol. The Morgan fingerprint density at radius 3 is 2.65 bits per heavy atom. The third kappa shape index (κ3) is 3.26. The largest absolute Gasteiger partial charge is 0.496 e. The van der Waals surface area contributed by atoms with Crippen molar-refractivity contribution in [1.82, 2.24) is 0 Å². The van der Waals surface area contributed by atoms with Crippen LogP contribution in [-0.2, 0) is 0 Å². The van der Waals surface area contributed by atoms with Gasteiger partial charge in [-0.15, -0.1) is 0 Å². The highest BCUT2D eigenvalue weighted by molar-refractivity contribution is 9.10. The number of aliphatic hydroxyl groups is 1. The van der Waals surface area contributed by atoms with Gasteiger partial charge in [-0.1, -0.05) is 29.8 Å². The SMILES string of the molecule is COc1cccc(Cl)c1C(CO)Nc1ccccc1Br. The van der Waals surface area contributed by atoms with E-state index in [1.54, 1.807) is 13.2 Å². The number of rotatable bonds is 5. The molecular formula is C15H15BrClNO2. The smallest absolute Gasteiger partial charge is 0.125 e. The monoisotopic (exact) mass is 355 g/mol. The molecule has 0 saturated carbocycles. The standard InChI is InChI=1S/C15H15BrClNO2/c1-20-14-8-4-6-11(17)15(14)13(9-19)18-12-7-3-2-5-10(12)16/h2-8,13,18-19H,9H2,1H3. The Morgan fingerprint density at radius 1 is 1.25 bits per heavy atom. The van der Waals surface area contributed by atoms with E-state index in [0.717, 1.165) is 15.7 Å². The van der Waals surface area contributed by atoms with Crippen molar-refractivity contribution in [3.8, 4) is 5.75 Å². The Balaban J connectivity index is 2.36. The van der Waals surface area contributed by atoms with Gasteiger partial charge >= 0.3 is 0 Å². The van der Waals surface area contributed by atoms with Gasteiger partial charge in [0.2, 0.25) is 0 Å². The van der Waals surface area contributed by atoms with E-state index in [0.29, 0.717) is 10.8 Å². The van der Waals surface area contributed by atoms with Crippen molar-refractivity contribution in [3.63, 3.8) is 0 Å². The summed E-state index contributed by atoms with van der Waals surface area (Å²) in [5.41, 5.74) is 1.63. The minimum atomic E-state index is -0.350. The second-order valence-corrected chi connectivity index (χ2v) is 5.48. The quantitative estimate of drug-likeness (QED) is 0.841. The number of halogens is 2. The molecule has 0 radical (unpaired) electrons. The van der Waals surface area contributed by atoms with Crippen molar-refractivity contribution in [2.24, 2.45) is 0 Å². The van der Waals surface area contributed by atoms with Crippen LogP contribution >= 0.6 is 27.5 Å². The minimum Gasteiger partial charge on any atom is -0.496 e. The summed E-state index contributed by atoms with van der Waals surface area (Å²) in [5.74, 6) is 0.649. The summed E-state index contributed by atoms with van der Waals surface area (Å²) in [4.78, 5) is 0. The molecule has 0 fully saturated rings. The van der Waals surface area contributed by atoms with E-state index < -0.39 is 0 Å². The summed E-state index contributed by atoms with van der Waals surface area (Å²) in [6, 6.07) is 12.8. The Labute approximate surface area is 131 Å². The molecule has 0 spiro atoms. The number of hydrogen-bond acceptors (Lipinski definition) is 3. The molecule has 20 heavy (non-hydrogen) atoms. The fourth-order valence-electron chi connectivity index (χ4n) is 2.01. The molecular weight excluding hydrogens is 342 g/mol. The number of methoxy groups -OCH3 is 1. The van der Waals surface area contributed by atoms with E-state index in [4.69, 9.17) is 16.3 Å². The summed E-state index contributed by atoms with van der Waals surface area (Å²) in [7, 11) is 1.59. The van der Waals surface area contributed by atoms with E-state index in [-0.39, 0.29) is 12.6 Å². The number of anilines is 1. The number of nitrogens with one attached hydrogen (secondary N) is 1. The van der Waals surface area contributed by atoms with Crippen molar-refractivity contribution in [1.29, 1.82) is 0 Å². The summed E-state index contributed by atoms with van der Waals surface area (Å²) in [6.45, 7) is -0.0958. The zero-order chi connectivity index (χ0) is 14.5. The molecule has 0 aromatic heterocycles. The number of ether oxygens (including phenoxy) is 1. The van der Waals surface area contributed by atoms with Crippen molar-refractivity contribution in [3.05, 3.63) is 57.5 Å². The number of benzene rings is 2. The maximum Gasteiger partial charge on any atom is 0.125 e. The molecule has 0 saturated heterocycles. The van der Waals surface area contributed by atoms with Crippen molar-refractivity contribution >= 4 is 33.2 Å². The molecule has 0 bridgehead atoms. The molecule has 2 aromatic rings. The van der Waals surface area contributed by atoms with Gasteiger partial charge < -0.3 is 15.2 Å². The van der Waals surface area contributed by atoms with Crippen LogP contribution in [0.3, 0.4) is 0 Å². The molecule has 3 nitrogen and oxygen atoms in total. The van der Waals surface area contributed by atoms with Crippen LogP contribution in [0.1, 0.15) is 11.6 Å². The lowest BCUT2D eigenvalue weighted by molar-refractivity contribution is 0.273. The van der Waals surface area contributed by atoms with Gasteiger partial charge in [0.05, 0.1) is 19.8 Å². The average molecular weight is 357 g/mol. The molecule has 1 unspecified atom stereocenters. The maximum atomic E-state index is 9.68. The van der Waals surface area contributed by atoms with Crippen LogP contribution < -0.4 is 10.1 Å². The van der Waals surface area contributed by atoms with Crippen LogP contribution in [0, 0.1) is 0 Å². The van der Waals surface area contributed by atoms with Gasteiger partial charge in [0.15, 0.2) is 0 Å². The van der Waals surface area contributed by atoms with Gasteiger partial charge in [0.25, 0.3) is 0 Å². The molecule has 0 aliphatic rings. The molecule has 2 rings (SSSR count). The first-order valence-corrected chi connectivity index (χ1v) is 7.28. The van der Waals surface area contributed by atoms with E-state index in [1.807, 2.05) is 36.4 Å². The molecule has 106 valence electrons. The molecule has 0 heterocycles. The first-order chi connectivity index (χ1) is 9.67. The van der Waals surface area contributed by atoms with Crippen molar-refractivity contribution in [2.75, 3.05) is 19.0 Å².